The molecule has 1 aliphatic carbocycles. The number of benzene rings is 3. The molecule has 2 heterocycles. The van der Waals surface area contributed by atoms with Crippen LogP contribution in [-0.4, -0.2) is 40.5 Å². The number of halogens is 1. The number of rotatable bonds is 9. The van der Waals surface area contributed by atoms with Gasteiger partial charge in [0.05, 0.1) is 11.4 Å². The summed E-state index contributed by atoms with van der Waals surface area (Å²) in [6.45, 7) is 0. The molecule has 3 aromatic carbocycles. The van der Waals surface area contributed by atoms with Crippen LogP contribution in [0.5, 0.6) is 0 Å². The number of carbonyl (C=O) groups is 1. The molecule has 0 radical (unpaired) electrons. The Morgan fingerprint density at radius 3 is 2.51 bits per heavy atom. The molecule has 12 heteroatoms. The third-order valence-corrected chi connectivity index (χ3v) is 9.93. The summed E-state index contributed by atoms with van der Waals surface area (Å²) in [4.78, 5) is 16.5. The number of thioether (sulfide) groups is 1. The van der Waals surface area contributed by atoms with Gasteiger partial charge >= 0.3 is 5.97 Å². The van der Waals surface area contributed by atoms with Crippen LogP contribution in [0.25, 0.3) is 16.4 Å². The number of carboxylic acid groups (broad SMARTS) is 1. The van der Waals surface area contributed by atoms with E-state index < -0.39 is 26.7 Å². The maximum atomic E-state index is 14.9. The molecule has 1 aliphatic rings. The van der Waals surface area contributed by atoms with Crippen LogP contribution in [0.4, 0.5) is 4.39 Å². The highest BCUT2D eigenvalue weighted by Gasteiger charge is 2.29. The number of sulfonamides is 1. The molecule has 6 rings (SSSR count). The summed E-state index contributed by atoms with van der Waals surface area (Å²) in [5.74, 6) is 4.81. The molecular formula is C33H27FN4O4S3. The lowest BCUT2D eigenvalue weighted by molar-refractivity contribution is 0.0691. The molecule has 3 N–H and O–H groups in total. The molecule has 1 saturated carbocycles. The Labute approximate surface area is 268 Å². The molecule has 45 heavy (non-hydrogen) atoms. The number of thiazole rings is 1. The van der Waals surface area contributed by atoms with Crippen molar-refractivity contribution in [1.82, 2.24) is 14.8 Å². The number of primary sulfonamides is 1. The summed E-state index contributed by atoms with van der Waals surface area (Å²) in [6.07, 6.45) is 5.05. The van der Waals surface area contributed by atoms with Gasteiger partial charge in [-0.05, 0) is 85.5 Å². The Hall–Kier alpha value is -4.28. The fraction of sp³-hybridized carbons (Fsp3) is 0.182. The number of hydrogen-bond acceptors (Lipinski definition) is 7. The number of aromatic nitrogens is 3. The van der Waals surface area contributed by atoms with Crippen molar-refractivity contribution < 1.29 is 22.7 Å². The Balaban J connectivity index is 1.47. The van der Waals surface area contributed by atoms with Crippen molar-refractivity contribution in [2.24, 2.45) is 11.1 Å². The largest absolute Gasteiger partial charge is 0.476 e. The summed E-state index contributed by atoms with van der Waals surface area (Å²) < 4.78 is 40.2. The quantitative estimate of drug-likeness (QED) is 0.144. The van der Waals surface area contributed by atoms with E-state index in [1.807, 2.05) is 54.8 Å². The number of nitrogens with two attached hydrogens (primary N) is 1. The van der Waals surface area contributed by atoms with Crippen LogP contribution < -0.4 is 5.14 Å². The molecule has 8 nitrogen and oxygen atoms in total. The second-order valence-corrected chi connectivity index (χ2v) is 13.9. The number of nitrogens with zero attached hydrogens (tertiary/aromatic N) is 3. The van der Waals surface area contributed by atoms with Gasteiger partial charge in [0.25, 0.3) is 0 Å². The SMILES string of the molecule is CSc1ccc(C#Cc2cccc(-c3nn(-c4nc(C(=O)O)cs4)c(CC4CC4)c3Cc3ccc(S(N)(=O)=O)c(F)c3)c2)cc1. The lowest BCUT2D eigenvalue weighted by Gasteiger charge is -2.10. The van der Waals surface area contributed by atoms with Gasteiger partial charge in [0.2, 0.25) is 15.2 Å². The van der Waals surface area contributed by atoms with E-state index in [9.17, 15) is 22.7 Å². The Kier molecular flexibility index (Phi) is 8.61. The topological polar surface area (TPSA) is 128 Å². The summed E-state index contributed by atoms with van der Waals surface area (Å²) >= 11 is 2.84. The predicted molar refractivity (Wildman–Crippen MR) is 173 cm³/mol. The van der Waals surface area contributed by atoms with Gasteiger partial charge in [0, 0.05) is 39.0 Å². The first-order valence-corrected chi connectivity index (χ1v) is 17.6. The summed E-state index contributed by atoms with van der Waals surface area (Å²) in [5.41, 5.74) is 5.19. The van der Waals surface area contributed by atoms with Gasteiger partial charge in [-0.1, -0.05) is 30.0 Å². The zero-order valence-corrected chi connectivity index (χ0v) is 26.5. The predicted octanol–water partition coefficient (Wildman–Crippen LogP) is 6.15. The maximum absolute atomic E-state index is 14.9. The molecule has 0 atom stereocenters. The number of hydrogen-bond donors (Lipinski definition) is 2. The molecular weight excluding hydrogens is 632 g/mol. The van der Waals surface area contributed by atoms with Crippen LogP contribution in [0.3, 0.4) is 0 Å². The lowest BCUT2D eigenvalue weighted by Crippen LogP contribution is -2.14. The van der Waals surface area contributed by atoms with E-state index in [0.717, 1.165) is 45.7 Å². The van der Waals surface area contributed by atoms with Crippen molar-refractivity contribution in [2.45, 2.75) is 35.5 Å². The van der Waals surface area contributed by atoms with Crippen molar-refractivity contribution in [3.05, 3.63) is 112 Å². The highest BCUT2D eigenvalue weighted by atomic mass is 32.2. The van der Waals surface area contributed by atoms with Crippen molar-refractivity contribution in [1.29, 1.82) is 0 Å². The summed E-state index contributed by atoms with van der Waals surface area (Å²) in [6, 6.07) is 19.6. The van der Waals surface area contributed by atoms with Gasteiger partial charge in [-0.25, -0.2) is 32.4 Å². The molecule has 2 aromatic heterocycles. The fourth-order valence-corrected chi connectivity index (χ4v) is 6.75. The zero-order chi connectivity index (χ0) is 31.7. The normalized spacial score (nSPS) is 13.0. The molecule has 1 fully saturated rings. The minimum atomic E-state index is -4.22. The van der Waals surface area contributed by atoms with Crippen LogP contribution in [0.1, 0.15) is 51.3 Å². The van der Waals surface area contributed by atoms with Gasteiger partial charge < -0.3 is 5.11 Å². The molecule has 5 aromatic rings. The van der Waals surface area contributed by atoms with Crippen molar-refractivity contribution in [3.63, 3.8) is 0 Å². The minimum Gasteiger partial charge on any atom is -0.476 e. The first-order chi connectivity index (χ1) is 21.6. The fourth-order valence-electron chi connectivity index (χ4n) is 4.98. The average Bonchev–Trinajstić information content (AvgIpc) is 3.57. The van der Waals surface area contributed by atoms with Crippen molar-refractivity contribution in [2.75, 3.05) is 6.26 Å². The third kappa shape index (κ3) is 7.02. The monoisotopic (exact) mass is 658 g/mol. The van der Waals surface area contributed by atoms with Gasteiger partial charge in [-0.15, -0.1) is 23.1 Å². The summed E-state index contributed by atoms with van der Waals surface area (Å²) in [7, 11) is -4.22. The molecule has 0 amide bonds. The third-order valence-electron chi connectivity index (χ3n) is 7.42. The van der Waals surface area contributed by atoms with Gasteiger partial charge in [0.1, 0.15) is 10.7 Å². The van der Waals surface area contributed by atoms with E-state index in [-0.39, 0.29) is 12.1 Å². The van der Waals surface area contributed by atoms with Crippen LogP contribution in [-0.2, 0) is 22.9 Å². The molecule has 0 aliphatic heterocycles. The number of aromatic carboxylic acids is 1. The first kappa shape index (κ1) is 30.7. The smallest absolute Gasteiger partial charge is 0.355 e. The van der Waals surface area contributed by atoms with Gasteiger partial charge in [-0.2, -0.15) is 5.10 Å². The van der Waals surface area contributed by atoms with Crippen LogP contribution in [0.15, 0.2) is 81.9 Å². The second-order valence-electron chi connectivity index (χ2n) is 10.7. The van der Waals surface area contributed by atoms with E-state index in [2.05, 4.69) is 16.8 Å². The van der Waals surface area contributed by atoms with Gasteiger partial charge in [-0.3, -0.25) is 0 Å². The van der Waals surface area contributed by atoms with Crippen molar-refractivity contribution >= 4 is 39.1 Å². The van der Waals surface area contributed by atoms with Crippen LogP contribution >= 0.6 is 23.1 Å². The zero-order valence-electron chi connectivity index (χ0n) is 24.0. The van der Waals surface area contributed by atoms with E-state index in [4.69, 9.17) is 10.2 Å². The lowest BCUT2D eigenvalue weighted by atomic mass is 9.96. The van der Waals surface area contributed by atoms with E-state index in [1.54, 1.807) is 22.5 Å². The van der Waals surface area contributed by atoms with Gasteiger partial charge in [0.15, 0.2) is 5.69 Å². The molecule has 228 valence electrons. The van der Waals surface area contributed by atoms with E-state index in [1.165, 1.54) is 28.8 Å². The highest BCUT2D eigenvalue weighted by molar-refractivity contribution is 7.98. The standard InChI is InChI=1S/C33H27FN4O4S3/c1-43-25-12-9-20(10-13-25)5-6-21-3-2-4-24(15-21)31-26(16-23-11-14-30(27(34)17-23)45(35,41)42)29(18-22-7-8-22)38(37-31)33-36-28(19-44-33)32(39)40/h2-4,9-15,17,19,22H,7-8,16,18H2,1H3,(H,39,40)(H2,35,41,42). The van der Waals surface area contributed by atoms with E-state index >= 15 is 0 Å². The first-order valence-electron chi connectivity index (χ1n) is 14.0. The van der Waals surface area contributed by atoms with Crippen LogP contribution in [0.2, 0.25) is 0 Å². The van der Waals surface area contributed by atoms with Crippen molar-refractivity contribution in [3.8, 4) is 28.2 Å². The highest BCUT2D eigenvalue weighted by Crippen LogP contribution is 2.38. The second kappa shape index (κ2) is 12.6. The Bertz CT molecular complexity index is 2090. The number of carboxylic acids is 1. The average molecular weight is 659 g/mol. The minimum absolute atomic E-state index is 0.0746. The molecule has 0 bridgehead atoms. The summed E-state index contributed by atoms with van der Waals surface area (Å²) in [5, 5.41) is 21.6. The Morgan fingerprint density at radius 2 is 1.87 bits per heavy atom. The molecule has 0 saturated heterocycles. The van der Waals surface area contributed by atoms with Crippen LogP contribution in [0, 0.1) is 23.6 Å². The molecule has 0 unspecified atom stereocenters. The maximum Gasteiger partial charge on any atom is 0.355 e. The molecule has 0 spiro atoms. The van der Waals surface area contributed by atoms with E-state index in [0.29, 0.717) is 28.7 Å². The Morgan fingerprint density at radius 1 is 1.11 bits per heavy atom.